The molecule has 1 fully saturated rings. The van der Waals surface area contributed by atoms with E-state index in [1.807, 2.05) is 0 Å². The van der Waals surface area contributed by atoms with Crippen LogP contribution >= 0.6 is 11.3 Å². The van der Waals surface area contributed by atoms with Gasteiger partial charge in [0.25, 0.3) is 5.91 Å². The number of aromatic nitrogens is 3. The number of carbonyl (C=O) groups is 2. The largest absolute Gasteiger partial charge is 0.493 e. The van der Waals surface area contributed by atoms with Crippen molar-refractivity contribution < 1.29 is 27.9 Å². The van der Waals surface area contributed by atoms with Gasteiger partial charge in [-0.15, -0.1) is 10.2 Å². The van der Waals surface area contributed by atoms with E-state index in [-0.39, 0.29) is 29.1 Å². The van der Waals surface area contributed by atoms with E-state index in [0.29, 0.717) is 42.0 Å². The first-order valence-electron chi connectivity index (χ1n) is 11.4. The fraction of sp³-hybridized carbons (Fsp3) is 0.240. The Hall–Kier alpha value is -4.32. The number of benzene rings is 2. The van der Waals surface area contributed by atoms with Crippen LogP contribution in [0.2, 0.25) is 0 Å². The van der Waals surface area contributed by atoms with Crippen molar-refractivity contribution in [3.8, 4) is 28.7 Å². The number of likely N-dealkylation sites (tertiary alicyclic amines) is 1. The summed E-state index contributed by atoms with van der Waals surface area (Å²) in [4.78, 5) is 30.6. The number of hydrogen-bond donors (Lipinski definition) is 1. The third-order valence-electron chi connectivity index (χ3n) is 5.69. The quantitative estimate of drug-likeness (QED) is 0.357. The third kappa shape index (κ3) is 5.75. The second-order valence-corrected chi connectivity index (χ2v) is 9.41. The predicted molar refractivity (Wildman–Crippen MR) is 132 cm³/mol. The smallest absolute Gasteiger partial charge is 0.257 e. The number of hydrogen-bond acceptors (Lipinski definition) is 9. The lowest BCUT2D eigenvalue weighted by atomic mass is 10.1. The summed E-state index contributed by atoms with van der Waals surface area (Å²) in [5, 5.41) is 10.0. The highest BCUT2D eigenvalue weighted by atomic mass is 32.1. The zero-order valence-electron chi connectivity index (χ0n) is 19.9. The highest BCUT2D eigenvalue weighted by Gasteiger charge is 2.29. The van der Waals surface area contributed by atoms with E-state index in [2.05, 4.69) is 20.5 Å². The summed E-state index contributed by atoms with van der Waals surface area (Å²) in [5.41, 5.74) is 0.947. The molecular weight excluding hydrogens is 501 g/mol. The monoisotopic (exact) mass is 523 g/mol. The number of halogens is 1. The highest BCUT2D eigenvalue weighted by Crippen LogP contribution is 2.30. The molecule has 0 radical (unpaired) electrons. The van der Waals surface area contributed by atoms with E-state index >= 15 is 0 Å². The van der Waals surface area contributed by atoms with Gasteiger partial charge in [0.05, 0.1) is 18.7 Å². The molecule has 5 rings (SSSR count). The molecule has 12 heteroatoms. The maximum atomic E-state index is 13.3. The van der Waals surface area contributed by atoms with Crippen LogP contribution in [0.25, 0.3) is 11.5 Å². The average Bonchev–Trinajstić information content (AvgIpc) is 3.59. The number of nitrogens with zero attached hydrogens (tertiary/aromatic N) is 4. The van der Waals surface area contributed by atoms with Crippen molar-refractivity contribution in [3.05, 3.63) is 65.2 Å². The van der Waals surface area contributed by atoms with Crippen LogP contribution in [0.4, 0.5) is 9.52 Å². The van der Waals surface area contributed by atoms with Crippen molar-refractivity contribution in [3.63, 3.8) is 0 Å². The van der Waals surface area contributed by atoms with E-state index < -0.39 is 11.0 Å². The number of aryl methyl sites for hydroxylation is 1. The lowest BCUT2D eigenvalue weighted by Crippen LogP contribution is -2.25. The summed E-state index contributed by atoms with van der Waals surface area (Å²) in [6.45, 7) is 2.56. The molecule has 0 aliphatic carbocycles. The van der Waals surface area contributed by atoms with Gasteiger partial charge in [-0.3, -0.25) is 14.9 Å². The van der Waals surface area contributed by atoms with Gasteiger partial charge in [0.1, 0.15) is 17.2 Å². The van der Waals surface area contributed by atoms with Crippen LogP contribution in [-0.2, 0) is 4.79 Å². The minimum Gasteiger partial charge on any atom is -0.493 e. The number of nitrogens with one attached hydrogen (secondary N) is 1. The fourth-order valence-electron chi connectivity index (χ4n) is 3.79. The van der Waals surface area contributed by atoms with Gasteiger partial charge in [0.15, 0.2) is 10.3 Å². The molecule has 1 aliphatic rings. The minimum atomic E-state index is -0.512. The lowest BCUT2D eigenvalue weighted by molar-refractivity contribution is -0.130. The molecule has 1 unspecified atom stereocenters. The lowest BCUT2D eigenvalue weighted by Gasteiger charge is -2.14. The Morgan fingerprint density at radius 1 is 1.19 bits per heavy atom. The zero-order chi connectivity index (χ0) is 25.9. The normalized spacial score (nSPS) is 15.2. The van der Waals surface area contributed by atoms with E-state index in [0.717, 1.165) is 23.1 Å². The third-order valence-corrected chi connectivity index (χ3v) is 6.39. The maximum absolute atomic E-state index is 13.3. The zero-order valence-corrected chi connectivity index (χ0v) is 20.8. The summed E-state index contributed by atoms with van der Waals surface area (Å²) < 4.78 is 30.7. The highest BCUT2D eigenvalue weighted by molar-refractivity contribution is 7.14. The molecule has 2 aromatic heterocycles. The van der Waals surface area contributed by atoms with Crippen molar-refractivity contribution in [1.82, 2.24) is 20.1 Å². The number of anilines is 1. The molecule has 1 aliphatic heterocycles. The van der Waals surface area contributed by atoms with Gasteiger partial charge >= 0.3 is 0 Å². The molecule has 2 amide bonds. The molecule has 1 atom stereocenters. The van der Waals surface area contributed by atoms with Crippen LogP contribution in [0.15, 0.2) is 53.1 Å². The fourth-order valence-corrected chi connectivity index (χ4v) is 4.33. The van der Waals surface area contributed by atoms with Crippen molar-refractivity contribution in [1.29, 1.82) is 0 Å². The van der Waals surface area contributed by atoms with Gasteiger partial charge in [0.2, 0.25) is 17.7 Å². The first-order chi connectivity index (χ1) is 17.8. The topological polar surface area (TPSA) is 120 Å². The Balaban J connectivity index is 1.36. The van der Waals surface area contributed by atoms with Crippen LogP contribution in [0.5, 0.6) is 17.2 Å². The minimum absolute atomic E-state index is 0.0210. The number of rotatable bonds is 8. The predicted octanol–water partition coefficient (Wildman–Crippen LogP) is 4.54. The molecule has 0 saturated carbocycles. The molecule has 3 heterocycles. The number of ether oxygens (including phenoxy) is 2. The van der Waals surface area contributed by atoms with E-state index in [9.17, 15) is 14.0 Å². The molecule has 10 nitrogen and oxygen atoms in total. The maximum Gasteiger partial charge on any atom is 0.257 e. The Morgan fingerprint density at radius 3 is 2.62 bits per heavy atom. The van der Waals surface area contributed by atoms with Gasteiger partial charge in [0, 0.05) is 37.7 Å². The number of amides is 2. The Bertz CT molecular complexity index is 1440. The summed E-state index contributed by atoms with van der Waals surface area (Å²) in [6, 6.07) is 11.7. The van der Waals surface area contributed by atoms with Gasteiger partial charge in [-0.1, -0.05) is 11.3 Å². The van der Waals surface area contributed by atoms with Crippen LogP contribution < -0.4 is 14.8 Å². The van der Waals surface area contributed by atoms with Gasteiger partial charge < -0.3 is 18.8 Å². The van der Waals surface area contributed by atoms with Crippen LogP contribution in [0.1, 0.15) is 22.7 Å². The van der Waals surface area contributed by atoms with Crippen LogP contribution in [0.3, 0.4) is 0 Å². The van der Waals surface area contributed by atoms with E-state index in [4.69, 9.17) is 13.9 Å². The van der Waals surface area contributed by atoms with Gasteiger partial charge in [-0.2, -0.15) is 4.39 Å². The van der Waals surface area contributed by atoms with Crippen LogP contribution in [-0.4, -0.2) is 52.1 Å². The van der Waals surface area contributed by atoms with Gasteiger partial charge in [-0.05, 0) is 42.8 Å². The standard InChI is InChI=1S/C25H22FN5O5S/c1-14-29-30-23(35-14)15-3-5-18(6-4-15)36-20-10-17(22(32)28-25-27-12-21(26)37-25)9-19(11-20)34-13-16-7-8-31(2)24(16)33/h3-6,9-12,16H,7-8,13H2,1-2H3,(H,27,28,32). The summed E-state index contributed by atoms with van der Waals surface area (Å²) in [7, 11) is 1.76. The molecule has 0 bridgehead atoms. The first-order valence-corrected chi connectivity index (χ1v) is 12.2. The summed E-state index contributed by atoms with van der Waals surface area (Å²) >= 11 is 0.719. The average molecular weight is 524 g/mol. The Kier molecular flexibility index (Phi) is 6.82. The number of carbonyl (C=O) groups excluding carboxylic acids is 2. The Morgan fingerprint density at radius 2 is 1.97 bits per heavy atom. The van der Waals surface area contributed by atoms with Crippen molar-refractivity contribution in [2.45, 2.75) is 13.3 Å². The molecule has 1 N–H and O–H groups in total. The van der Waals surface area contributed by atoms with Crippen LogP contribution in [0, 0.1) is 18.0 Å². The molecule has 1 saturated heterocycles. The number of thiazole rings is 1. The molecule has 190 valence electrons. The Labute approximate surface area is 215 Å². The summed E-state index contributed by atoms with van der Waals surface area (Å²) in [5.74, 6) is 1.30. The van der Waals surface area contributed by atoms with E-state index in [1.165, 1.54) is 12.1 Å². The second kappa shape index (κ2) is 10.3. The van der Waals surface area contributed by atoms with Gasteiger partial charge in [-0.25, -0.2) is 4.98 Å². The molecular formula is C25H22FN5O5S. The SMILES string of the molecule is Cc1nnc(-c2ccc(Oc3cc(OCC4CCN(C)C4=O)cc(C(=O)Nc4ncc(F)s4)c3)cc2)o1. The molecule has 4 aromatic rings. The second-order valence-electron chi connectivity index (χ2n) is 8.43. The van der Waals surface area contributed by atoms with Crippen molar-refractivity contribution >= 4 is 28.3 Å². The van der Waals surface area contributed by atoms with Crippen molar-refractivity contribution in [2.75, 3.05) is 25.5 Å². The molecule has 0 spiro atoms. The van der Waals surface area contributed by atoms with E-state index in [1.54, 1.807) is 49.2 Å². The first kappa shape index (κ1) is 24.4. The van der Waals surface area contributed by atoms with Crippen molar-refractivity contribution in [2.24, 2.45) is 5.92 Å². The molecule has 37 heavy (non-hydrogen) atoms. The summed E-state index contributed by atoms with van der Waals surface area (Å²) in [6.07, 6.45) is 1.73. The molecule has 2 aromatic carbocycles.